The Hall–Kier alpha value is -0.930. The Morgan fingerprint density at radius 2 is 1.80 bits per heavy atom. The number of benzene rings is 1. The minimum atomic E-state index is -1.34. The molecule has 0 radical (unpaired) electrons. The van der Waals surface area contributed by atoms with Crippen LogP contribution in [0.5, 0.6) is 0 Å². The minimum absolute atomic E-state index is 0.743. The van der Waals surface area contributed by atoms with Crippen LogP contribution in [0.4, 0.5) is 4.39 Å². The van der Waals surface area contributed by atoms with Crippen molar-refractivity contribution in [1.29, 1.82) is 0 Å². The van der Waals surface area contributed by atoms with Crippen molar-refractivity contribution in [3.05, 3.63) is 35.9 Å². The van der Waals surface area contributed by atoms with Crippen LogP contribution in [-0.2, 0) is 5.79 Å². The molecule has 2 rings (SSSR count). The van der Waals surface area contributed by atoms with Gasteiger partial charge in [0.25, 0.3) is 0 Å². The lowest BCUT2D eigenvalue weighted by atomic mass is 10.0. The molecule has 1 saturated heterocycles. The molecule has 1 heterocycles. The fraction of sp³-hybridized carbons (Fsp3) is 0.500. The lowest BCUT2D eigenvalue weighted by Crippen LogP contribution is -2.51. The van der Waals surface area contributed by atoms with Crippen LogP contribution < -0.4 is 5.32 Å². The first kappa shape index (κ1) is 10.6. The van der Waals surface area contributed by atoms with Gasteiger partial charge in [0.15, 0.2) is 5.79 Å². The number of nitrogens with zero attached hydrogens (tertiary/aromatic N) is 1. The molecule has 0 amide bonds. The van der Waals surface area contributed by atoms with Crippen molar-refractivity contribution in [2.75, 3.05) is 26.2 Å². The SMILES string of the molecule is CC(F)(c1ccccc1)N1CCNCC1. The van der Waals surface area contributed by atoms with Gasteiger partial charge in [0, 0.05) is 31.7 Å². The molecule has 1 unspecified atom stereocenters. The van der Waals surface area contributed by atoms with Crippen LogP contribution in [0, 0.1) is 0 Å². The summed E-state index contributed by atoms with van der Waals surface area (Å²) in [6, 6.07) is 9.38. The van der Waals surface area contributed by atoms with E-state index >= 15 is 0 Å². The fourth-order valence-corrected chi connectivity index (χ4v) is 2.01. The van der Waals surface area contributed by atoms with Gasteiger partial charge in [0.1, 0.15) is 0 Å². The minimum Gasteiger partial charge on any atom is -0.314 e. The first-order chi connectivity index (χ1) is 7.21. The summed E-state index contributed by atoms with van der Waals surface area (Å²) in [5, 5.41) is 3.23. The van der Waals surface area contributed by atoms with Crippen LogP contribution in [0.15, 0.2) is 30.3 Å². The summed E-state index contributed by atoms with van der Waals surface area (Å²) < 4.78 is 14.6. The van der Waals surface area contributed by atoms with Crippen molar-refractivity contribution in [2.45, 2.75) is 12.7 Å². The Bertz CT molecular complexity index is 305. The highest BCUT2D eigenvalue weighted by Gasteiger charge is 2.33. The van der Waals surface area contributed by atoms with Gasteiger partial charge in [-0.25, -0.2) is 4.39 Å². The molecule has 1 aromatic carbocycles. The third-order valence-corrected chi connectivity index (χ3v) is 3.01. The molecule has 0 aliphatic carbocycles. The number of piperazine rings is 1. The zero-order valence-electron chi connectivity index (χ0n) is 9.04. The van der Waals surface area contributed by atoms with Crippen LogP contribution in [-0.4, -0.2) is 31.1 Å². The Balaban J connectivity index is 2.18. The maximum absolute atomic E-state index is 14.6. The van der Waals surface area contributed by atoms with Gasteiger partial charge in [0.2, 0.25) is 0 Å². The third kappa shape index (κ3) is 2.19. The average molecular weight is 208 g/mol. The third-order valence-electron chi connectivity index (χ3n) is 3.01. The molecule has 0 bridgehead atoms. The Labute approximate surface area is 90.1 Å². The van der Waals surface area contributed by atoms with Gasteiger partial charge in [-0.2, -0.15) is 0 Å². The predicted molar refractivity (Wildman–Crippen MR) is 59.3 cm³/mol. The predicted octanol–water partition coefficient (Wildman–Crippen LogP) is 1.73. The van der Waals surface area contributed by atoms with Crippen LogP contribution >= 0.6 is 0 Å². The Morgan fingerprint density at radius 3 is 2.40 bits per heavy atom. The van der Waals surface area contributed by atoms with E-state index in [-0.39, 0.29) is 0 Å². The average Bonchev–Trinajstić information content (AvgIpc) is 2.31. The molecule has 1 fully saturated rings. The molecule has 0 aromatic heterocycles. The highest BCUT2D eigenvalue weighted by Crippen LogP contribution is 2.29. The number of alkyl halides is 1. The van der Waals surface area contributed by atoms with E-state index in [1.165, 1.54) is 0 Å². The quantitative estimate of drug-likeness (QED) is 0.745. The molecule has 3 heteroatoms. The highest BCUT2D eigenvalue weighted by atomic mass is 19.1. The topological polar surface area (TPSA) is 15.3 Å². The normalized spacial score (nSPS) is 22.3. The zero-order chi connectivity index (χ0) is 10.7. The maximum atomic E-state index is 14.6. The number of halogens is 1. The second-order valence-corrected chi connectivity index (χ2v) is 4.06. The van der Waals surface area contributed by atoms with Gasteiger partial charge < -0.3 is 5.32 Å². The molecule has 2 nitrogen and oxygen atoms in total. The van der Waals surface area contributed by atoms with Gasteiger partial charge in [-0.3, -0.25) is 4.90 Å². The monoisotopic (exact) mass is 208 g/mol. The molecule has 1 aliphatic heterocycles. The molecular weight excluding hydrogens is 191 g/mol. The van der Waals surface area contributed by atoms with E-state index in [0.29, 0.717) is 0 Å². The van der Waals surface area contributed by atoms with Crippen molar-refractivity contribution >= 4 is 0 Å². The number of hydrogen-bond acceptors (Lipinski definition) is 2. The first-order valence-electron chi connectivity index (χ1n) is 5.41. The van der Waals surface area contributed by atoms with Crippen molar-refractivity contribution in [3.63, 3.8) is 0 Å². The maximum Gasteiger partial charge on any atom is 0.187 e. The van der Waals surface area contributed by atoms with Gasteiger partial charge in [-0.05, 0) is 6.92 Å². The zero-order valence-corrected chi connectivity index (χ0v) is 9.04. The summed E-state index contributed by atoms with van der Waals surface area (Å²) in [7, 11) is 0. The fourth-order valence-electron chi connectivity index (χ4n) is 2.01. The van der Waals surface area contributed by atoms with Gasteiger partial charge >= 0.3 is 0 Å². The van der Waals surface area contributed by atoms with Gasteiger partial charge in [-0.15, -0.1) is 0 Å². The summed E-state index contributed by atoms with van der Waals surface area (Å²) in [6.07, 6.45) is 0. The molecule has 1 atom stereocenters. The lowest BCUT2D eigenvalue weighted by molar-refractivity contribution is -0.0311. The number of hydrogen-bond donors (Lipinski definition) is 1. The number of nitrogens with one attached hydrogen (secondary N) is 1. The Kier molecular flexibility index (Phi) is 3.03. The largest absolute Gasteiger partial charge is 0.314 e. The molecule has 15 heavy (non-hydrogen) atoms. The second kappa shape index (κ2) is 4.29. The lowest BCUT2D eigenvalue weighted by Gasteiger charge is -2.37. The van der Waals surface area contributed by atoms with Crippen molar-refractivity contribution in [2.24, 2.45) is 0 Å². The van der Waals surface area contributed by atoms with Crippen LogP contribution in [0.25, 0.3) is 0 Å². The molecular formula is C12H17FN2. The standard InChI is InChI=1S/C12H17FN2/c1-12(13,11-5-3-2-4-6-11)15-9-7-14-8-10-15/h2-6,14H,7-10H2,1H3. The first-order valence-corrected chi connectivity index (χ1v) is 5.41. The summed E-state index contributed by atoms with van der Waals surface area (Å²) in [6.45, 7) is 4.91. The van der Waals surface area contributed by atoms with Crippen LogP contribution in [0.1, 0.15) is 12.5 Å². The van der Waals surface area contributed by atoms with E-state index in [1.54, 1.807) is 6.92 Å². The van der Waals surface area contributed by atoms with E-state index in [4.69, 9.17) is 0 Å². The summed E-state index contributed by atoms with van der Waals surface area (Å²) in [5.74, 6) is -1.34. The molecule has 1 aliphatic rings. The van der Waals surface area contributed by atoms with Crippen LogP contribution in [0.3, 0.4) is 0 Å². The summed E-state index contributed by atoms with van der Waals surface area (Å²) in [4.78, 5) is 1.89. The van der Waals surface area contributed by atoms with Crippen LogP contribution in [0.2, 0.25) is 0 Å². The van der Waals surface area contributed by atoms with Gasteiger partial charge in [0.05, 0.1) is 0 Å². The summed E-state index contributed by atoms with van der Waals surface area (Å²) >= 11 is 0. The summed E-state index contributed by atoms with van der Waals surface area (Å²) in [5.41, 5.74) is 0.743. The molecule has 0 saturated carbocycles. The highest BCUT2D eigenvalue weighted by molar-refractivity contribution is 5.21. The molecule has 0 spiro atoms. The van der Waals surface area contributed by atoms with E-state index in [0.717, 1.165) is 31.7 Å². The molecule has 82 valence electrons. The van der Waals surface area contributed by atoms with Gasteiger partial charge in [-0.1, -0.05) is 30.3 Å². The smallest absolute Gasteiger partial charge is 0.187 e. The van der Waals surface area contributed by atoms with Crippen molar-refractivity contribution in [3.8, 4) is 0 Å². The Morgan fingerprint density at radius 1 is 1.20 bits per heavy atom. The van der Waals surface area contributed by atoms with E-state index in [9.17, 15) is 4.39 Å². The van der Waals surface area contributed by atoms with E-state index < -0.39 is 5.79 Å². The van der Waals surface area contributed by atoms with E-state index in [2.05, 4.69) is 5.32 Å². The van der Waals surface area contributed by atoms with E-state index in [1.807, 2.05) is 35.2 Å². The molecule has 1 aromatic rings. The van der Waals surface area contributed by atoms with Crippen molar-refractivity contribution in [1.82, 2.24) is 10.2 Å². The molecule has 1 N–H and O–H groups in total. The number of rotatable bonds is 2. The second-order valence-electron chi connectivity index (χ2n) is 4.06. The van der Waals surface area contributed by atoms with Crippen molar-refractivity contribution < 1.29 is 4.39 Å².